The van der Waals surface area contributed by atoms with E-state index >= 15 is 0 Å². The van der Waals surface area contributed by atoms with Gasteiger partial charge in [0.1, 0.15) is 0 Å². The van der Waals surface area contributed by atoms with Gasteiger partial charge in [-0.25, -0.2) is 0 Å². The summed E-state index contributed by atoms with van der Waals surface area (Å²) in [6, 6.07) is 9.27. The van der Waals surface area contributed by atoms with Crippen LogP contribution in [0, 0.1) is 0 Å². The number of benzene rings is 1. The third-order valence-corrected chi connectivity index (χ3v) is 3.91. The van der Waals surface area contributed by atoms with Crippen LogP contribution >= 0.6 is 15.9 Å². The molecule has 1 saturated carbocycles. The van der Waals surface area contributed by atoms with Crippen molar-refractivity contribution in [2.45, 2.75) is 38.1 Å². The predicted molar refractivity (Wildman–Crippen MR) is 68.1 cm³/mol. The Balaban J connectivity index is 1.75. The van der Waals surface area contributed by atoms with Gasteiger partial charge < -0.3 is 5.32 Å². The third-order valence-electron chi connectivity index (χ3n) is 3.14. The molecule has 0 saturated heterocycles. The Labute approximate surface area is 100 Å². The van der Waals surface area contributed by atoms with Crippen LogP contribution in [-0.4, -0.2) is 12.6 Å². The van der Waals surface area contributed by atoms with Crippen LogP contribution in [0.15, 0.2) is 28.7 Å². The Hall–Kier alpha value is -0.340. The number of hydrogen-bond donors (Lipinski definition) is 1. The fourth-order valence-electron chi connectivity index (χ4n) is 2.24. The van der Waals surface area contributed by atoms with Crippen molar-refractivity contribution in [2.24, 2.45) is 0 Å². The highest BCUT2D eigenvalue weighted by Gasteiger charge is 2.13. The van der Waals surface area contributed by atoms with Crippen molar-refractivity contribution in [3.05, 3.63) is 34.3 Å². The molecule has 0 radical (unpaired) electrons. The largest absolute Gasteiger partial charge is 0.314 e. The highest BCUT2D eigenvalue weighted by molar-refractivity contribution is 9.10. The van der Waals surface area contributed by atoms with Gasteiger partial charge in [-0.05, 0) is 37.4 Å². The zero-order chi connectivity index (χ0) is 10.5. The summed E-state index contributed by atoms with van der Waals surface area (Å²) in [7, 11) is 0. The summed E-state index contributed by atoms with van der Waals surface area (Å²) in [6.45, 7) is 1.10. The molecule has 1 N–H and O–H groups in total. The Morgan fingerprint density at radius 1 is 1.20 bits per heavy atom. The second-order valence-corrected chi connectivity index (χ2v) is 5.13. The zero-order valence-corrected chi connectivity index (χ0v) is 10.6. The molecule has 1 aromatic carbocycles. The molecule has 0 unspecified atom stereocenters. The molecular formula is C13H18BrN. The minimum absolute atomic E-state index is 0.785. The molecule has 1 aromatic rings. The Morgan fingerprint density at radius 3 is 2.67 bits per heavy atom. The topological polar surface area (TPSA) is 12.0 Å². The van der Waals surface area contributed by atoms with E-state index in [1.165, 1.54) is 35.7 Å². The first-order chi connectivity index (χ1) is 7.36. The number of nitrogens with one attached hydrogen (secondary N) is 1. The highest BCUT2D eigenvalue weighted by atomic mass is 79.9. The summed E-state index contributed by atoms with van der Waals surface area (Å²) in [5.74, 6) is 0. The maximum Gasteiger partial charge on any atom is 0.0207 e. The lowest BCUT2D eigenvalue weighted by Crippen LogP contribution is -2.28. The van der Waals surface area contributed by atoms with Gasteiger partial charge >= 0.3 is 0 Å². The van der Waals surface area contributed by atoms with Crippen molar-refractivity contribution in [1.29, 1.82) is 0 Å². The maximum atomic E-state index is 3.64. The molecule has 0 bridgehead atoms. The molecule has 1 fully saturated rings. The van der Waals surface area contributed by atoms with Gasteiger partial charge in [0, 0.05) is 10.5 Å². The predicted octanol–water partition coefficient (Wildman–Crippen LogP) is 3.52. The minimum Gasteiger partial charge on any atom is -0.314 e. The first kappa shape index (κ1) is 11.2. The van der Waals surface area contributed by atoms with Gasteiger partial charge in [0.05, 0.1) is 0 Å². The van der Waals surface area contributed by atoms with Crippen LogP contribution in [0.4, 0.5) is 0 Å². The van der Waals surface area contributed by atoms with Crippen LogP contribution in [-0.2, 0) is 6.42 Å². The van der Waals surface area contributed by atoms with Crippen LogP contribution in [0.3, 0.4) is 0 Å². The minimum atomic E-state index is 0.785. The standard InChI is InChI=1S/C13H18BrN/c14-13-8-4-1-5-11(13)9-10-15-12-6-2-3-7-12/h1,4-5,8,12,15H,2-3,6-7,9-10H2. The Bertz CT molecular complexity index is 305. The van der Waals surface area contributed by atoms with Gasteiger partial charge in [-0.15, -0.1) is 0 Å². The van der Waals surface area contributed by atoms with Crippen LogP contribution in [0.25, 0.3) is 0 Å². The van der Waals surface area contributed by atoms with Crippen molar-refractivity contribution in [2.75, 3.05) is 6.54 Å². The van der Waals surface area contributed by atoms with Crippen LogP contribution in [0.2, 0.25) is 0 Å². The molecule has 15 heavy (non-hydrogen) atoms. The normalized spacial score (nSPS) is 17.1. The number of hydrogen-bond acceptors (Lipinski definition) is 1. The summed E-state index contributed by atoms with van der Waals surface area (Å²) >= 11 is 3.58. The first-order valence-corrected chi connectivity index (χ1v) is 6.62. The zero-order valence-electron chi connectivity index (χ0n) is 9.01. The third kappa shape index (κ3) is 3.32. The van der Waals surface area contributed by atoms with Crippen LogP contribution in [0.1, 0.15) is 31.2 Å². The number of rotatable bonds is 4. The molecule has 0 aromatic heterocycles. The second-order valence-electron chi connectivity index (χ2n) is 4.28. The van der Waals surface area contributed by atoms with Gasteiger partial charge in [0.15, 0.2) is 0 Å². The quantitative estimate of drug-likeness (QED) is 0.881. The van der Waals surface area contributed by atoms with Crippen molar-refractivity contribution in [1.82, 2.24) is 5.32 Å². The lowest BCUT2D eigenvalue weighted by Gasteiger charge is -2.11. The molecule has 1 aliphatic carbocycles. The van der Waals surface area contributed by atoms with Crippen molar-refractivity contribution in [3.8, 4) is 0 Å². The van der Waals surface area contributed by atoms with Crippen molar-refractivity contribution < 1.29 is 0 Å². The monoisotopic (exact) mass is 267 g/mol. The molecule has 0 spiro atoms. The van der Waals surface area contributed by atoms with Crippen LogP contribution in [0.5, 0.6) is 0 Å². The second kappa shape index (κ2) is 5.66. The molecule has 0 atom stereocenters. The Kier molecular flexibility index (Phi) is 4.21. The van der Waals surface area contributed by atoms with Gasteiger partial charge in [0.2, 0.25) is 0 Å². The smallest absolute Gasteiger partial charge is 0.0207 e. The molecule has 1 nitrogen and oxygen atoms in total. The molecule has 0 amide bonds. The van der Waals surface area contributed by atoms with E-state index in [0.717, 1.165) is 19.0 Å². The van der Waals surface area contributed by atoms with E-state index in [4.69, 9.17) is 0 Å². The van der Waals surface area contributed by atoms with E-state index in [-0.39, 0.29) is 0 Å². The average molecular weight is 268 g/mol. The molecular weight excluding hydrogens is 250 g/mol. The molecule has 0 heterocycles. The SMILES string of the molecule is Brc1ccccc1CCNC1CCCC1. The van der Waals surface area contributed by atoms with E-state index in [9.17, 15) is 0 Å². The molecule has 1 aliphatic rings. The maximum absolute atomic E-state index is 3.64. The molecule has 2 rings (SSSR count). The van der Waals surface area contributed by atoms with Gasteiger partial charge in [0.25, 0.3) is 0 Å². The van der Waals surface area contributed by atoms with E-state index in [1.807, 2.05) is 0 Å². The molecule has 2 heteroatoms. The summed E-state index contributed by atoms with van der Waals surface area (Å²) in [5.41, 5.74) is 1.41. The lowest BCUT2D eigenvalue weighted by molar-refractivity contribution is 0.527. The molecule has 0 aliphatic heterocycles. The molecule has 82 valence electrons. The fraction of sp³-hybridized carbons (Fsp3) is 0.538. The van der Waals surface area contributed by atoms with E-state index in [0.29, 0.717) is 0 Å². The number of halogens is 1. The van der Waals surface area contributed by atoms with Gasteiger partial charge in [-0.1, -0.05) is 47.0 Å². The lowest BCUT2D eigenvalue weighted by atomic mass is 10.1. The summed E-state index contributed by atoms with van der Waals surface area (Å²) < 4.78 is 1.23. The van der Waals surface area contributed by atoms with E-state index in [1.54, 1.807) is 0 Å². The van der Waals surface area contributed by atoms with Crippen molar-refractivity contribution >= 4 is 15.9 Å². The first-order valence-electron chi connectivity index (χ1n) is 5.83. The Morgan fingerprint density at radius 2 is 1.93 bits per heavy atom. The summed E-state index contributed by atoms with van der Waals surface area (Å²) in [6.07, 6.45) is 6.68. The highest BCUT2D eigenvalue weighted by Crippen LogP contribution is 2.18. The van der Waals surface area contributed by atoms with Crippen LogP contribution < -0.4 is 5.32 Å². The summed E-state index contributed by atoms with van der Waals surface area (Å²) in [4.78, 5) is 0. The van der Waals surface area contributed by atoms with Gasteiger partial charge in [-0.3, -0.25) is 0 Å². The fourth-order valence-corrected chi connectivity index (χ4v) is 2.73. The van der Waals surface area contributed by atoms with E-state index in [2.05, 4.69) is 45.5 Å². The van der Waals surface area contributed by atoms with Gasteiger partial charge in [-0.2, -0.15) is 0 Å². The summed E-state index contributed by atoms with van der Waals surface area (Å²) in [5, 5.41) is 3.64. The van der Waals surface area contributed by atoms with E-state index < -0.39 is 0 Å². The van der Waals surface area contributed by atoms with Crippen molar-refractivity contribution in [3.63, 3.8) is 0 Å². The average Bonchev–Trinajstić information content (AvgIpc) is 2.74.